The lowest BCUT2D eigenvalue weighted by molar-refractivity contribution is -0.903. The van der Waals surface area contributed by atoms with Crippen molar-refractivity contribution in [3.63, 3.8) is 0 Å². The Bertz CT molecular complexity index is 752. The predicted molar refractivity (Wildman–Crippen MR) is 101 cm³/mol. The molecule has 0 saturated carbocycles. The summed E-state index contributed by atoms with van der Waals surface area (Å²) in [6, 6.07) is 10.6. The van der Waals surface area contributed by atoms with E-state index in [-0.39, 0.29) is 17.5 Å². The molecule has 1 unspecified atom stereocenters. The summed E-state index contributed by atoms with van der Waals surface area (Å²) < 4.78 is 19.7. The summed E-state index contributed by atoms with van der Waals surface area (Å²) >= 11 is 3.41. The zero-order valence-electron chi connectivity index (χ0n) is 14.7. The van der Waals surface area contributed by atoms with Crippen LogP contribution in [0.5, 0.6) is 5.75 Å². The molecular formula is C19H23BrFN2O2+. The van der Waals surface area contributed by atoms with Gasteiger partial charge in [0.25, 0.3) is 5.91 Å². The van der Waals surface area contributed by atoms with Crippen molar-refractivity contribution >= 4 is 27.5 Å². The fourth-order valence-electron chi connectivity index (χ4n) is 2.61. The van der Waals surface area contributed by atoms with Crippen LogP contribution in [0.3, 0.4) is 0 Å². The summed E-state index contributed by atoms with van der Waals surface area (Å²) in [6.07, 6.45) is 0. The number of likely N-dealkylation sites (N-methyl/N-ethyl adjacent to an activating group) is 1. The van der Waals surface area contributed by atoms with Crippen LogP contribution in [0.2, 0.25) is 0 Å². The smallest absolute Gasteiger partial charge is 0.279 e. The van der Waals surface area contributed by atoms with Gasteiger partial charge >= 0.3 is 0 Å². The van der Waals surface area contributed by atoms with Gasteiger partial charge in [-0.25, -0.2) is 4.39 Å². The van der Waals surface area contributed by atoms with Crippen LogP contribution in [0.1, 0.15) is 18.1 Å². The minimum atomic E-state index is -0.384. The molecular weight excluding hydrogens is 387 g/mol. The van der Waals surface area contributed by atoms with E-state index in [1.807, 2.05) is 38.1 Å². The lowest BCUT2D eigenvalue weighted by Gasteiger charge is -2.18. The number of hydrogen-bond donors (Lipinski definition) is 2. The average molecular weight is 410 g/mol. The number of carbonyl (C=O) groups excluding carboxylic acids is 1. The quantitative estimate of drug-likeness (QED) is 0.737. The van der Waals surface area contributed by atoms with Gasteiger partial charge in [0.05, 0.1) is 13.7 Å². The highest BCUT2D eigenvalue weighted by Gasteiger charge is 2.15. The van der Waals surface area contributed by atoms with Gasteiger partial charge in [-0.15, -0.1) is 0 Å². The predicted octanol–water partition coefficient (Wildman–Crippen LogP) is 2.95. The topological polar surface area (TPSA) is 42.8 Å². The monoisotopic (exact) mass is 409 g/mol. The van der Waals surface area contributed by atoms with Crippen molar-refractivity contribution < 1.29 is 18.8 Å². The number of quaternary nitrogens is 1. The van der Waals surface area contributed by atoms with Gasteiger partial charge in [-0.3, -0.25) is 4.79 Å². The molecule has 2 aromatic rings. The maximum atomic E-state index is 13.8. The molecule has 25 heavy (non-hydrogen) atoms. The summed E-state index contributed by atoms with van der Waals surface area (Å²) in [6.45, 7) is 5.61. The SMILES string of the molecule is CC[NH+](CC(=O)Nc1ccc(Br)cc1C)Cc1ccc(OC)c(F)c1. The average Bonchev–Trinajstić information content (AvgIpc) is 2.57. The van der Waals surface area contributed by atoms with Crippen LogP contribution in [-0.4, -0.2) is 26.1 Å². The molecule has 0 fully saturated rings. The highest BCUT2D eigenvalue weighted by Crippen LogP contribution is 2.20. The number of carbonyl (C=O) groups is 1. The molecule has 0 heterocycles. The van der Waals surface area contributed by atoms with E-state index in [1.165, 1.54) is 13.2 Å². The molecule has 0 aliphatic rings. The number of hydrogen-bond acceptors (Lipinski definition) is 2. The summed E-state index contributed by atoms with van der Waals surface area (Å²) in [5.74, 6) is -0.216. The number of ether oxygens (including phenoxy) is 1. The summed E-state index contributed by atoms with van der Waals surface area (Å²) in [5.41, 5.74) is 2.64. The Kier molecular flexibility index (Phi) is 6.96. The molecule has 0 aliphatic carbocycles. The lowest BCUT2D eigenvalue weighted by Crippen LogP contribution is -3.11. The zero-order valence-corrected chi connectivity index (χ0v) is 16.2. The minimum Gasteiger partial charge on any atom is -0.494 e. The van der Waals surface area contributed by atoms with Crippen LogP contribution in [-0.2, 0) is 11.3 Å². The van der Waals surface area contributed by atoms with Crippen molar-refractivity contribution in [1.29, 1.82) is 0 Å². The number of rotatable bonds is 7. The standard InChI is InChI=1S/C19H22BrFN2O2/c1-4-23(11-14-5-8-18(25-3)16(21)10-14)12-19(24)22-17-7-6-15(20)9-13(17)2/h5-10H,4,11-12H2,1-3H3,(H,22,24)/p+1. The molecule has 0 aromatic heterocycles. The summed E-state index contributed by atoms with van der Waals surface area (Å²) in [7, 11) is 1.44. The van der Waals surface area contributed by atoms with E-state index in [0.717, 1.165) is 32.7 Å². The summed E-state index contributed by atoms with van der Waals surface area (Å²) in [5, 5.41) is 2.94. The van der Waals surface area contributed by atoms with Crippen molar-refractivity contribution in [3.8, 4) is 5.75 Å². The van der Waals surface area contributed by atoms with E-state index < -0.39 is 0 Å². The zero-order chi connectivity index (χ0) is 18.4. The molecule has 4 nitrogen and oxygen atoms in total. The van der Waals surface area contributed by atoms with Crippen LogP contribution in [0.15, 0.2) is 40.9 Å². The van der Waals surface area contributed by atoms with E-state index in [2.05, 4.69) is 21.2 Å². The van der Waals surface area contributed by atoms with Gasteiger partial charge in [-0.05, 0) is 55.8 Å². The van der Waals surface area contributed by atoms with Crippen LogP contribution < -0.4 is 15.0 Å². The second kappa shape index (κ2) is 8.97. The number of nitrogens with one attached hydrogen (secondary N) is 2. The van der Waals surface area contributed by atoms with Gasteiger partial charge in [-0.1, -0.05) is 15.9 Å². The second-order valence-electron chi connectivity index (χ2n) is 5.93. The molecule has 134 valence electrons. The highest BCUT2D eigenvalue weighted by molar-refractivity contribution is 9.10. The Morgan fingerprint density at radius 1 is 1.28 bits per heavy atom. The van der Waals surface area contributed by atoms with Gasteiger partial charge < -0.3 is 15.0 Å². The van der Waals surface area contributed by atoms with E-state index in [1.54, 1.807) is 6.07 Å². The molecule has 0 radical (unpaired) electrons. The third-order valence-corrected chi connectivity index (χ3v) is 4.54. The molecule has 2 aromatic carbocycles. The largest absolute Gasteiger partial charge is 0.494 e. The number of halogens is 2. The Labute approximate surface area is 156 Å². The molecule has 0 saturated heterocycles. The Balaban J connectivity index is 1.98. The molecule has 1 amide bonds. The molecule has 0 aliphatic heterocycles. The van der Waals surface area contributed by atoms with E-state index in [9.17, 15) is 9.18 Å². The Hall–Kier alpha value is -1.92. The first kappa shape index (κ1) is 19.4. The maximum absolute atomic E-state index is 13.8. The Morgan fingerprint density at radius 2 is 2.04 bits per heavy atom. The van der Waals surface area contributed by atoms with E-state index >= 15 is 0 Å². The van der Waals surface area contributed by atoms with Crippen LogP contribution in [0, 0.1) is 12.7 Å². The molecule has 0 spiro atoms. The number of aryl methyl sites for hydroxylation is 1. The third kappa shape index (κ3) is 5.54. The summed E-state index contributed by atoms with van der Waals surface area (Å²) in [4.78, 5) is 13.4. The Morgan fingerprint density at radius 3 is 2.64 bits per heavy atom. The minimum absolute atomic E-state index is 0.0590. The first-order valence-corrected chi connectivity index (χ1v) is 8.94. The number of benzene rings is 2. The maximum Gasteiger partial charge on any atom is 0.279 e. The van der Waals surface area contributed by atoms with E-state index in [4.69, 9.17) is 4.74 Å². The number of amides is 1. The van der Waals surface area contributed by atoms with Gasteiger partial charge in [0.1, 0.15) is 6.54 Å². The van der Waals surface area contributed by atoms with Gasteiger partial charge in [0.2, 0.25) is 0 Å². The first-order valence-electron chi connectivity index (χ1n) is 8.15. The lowest BCUT2D eigenvalue weighted by atomic mass is 10.2. The normalized spacial score (nSPS) is 11.9. The van der Waals surface area contributed by atoms with Gasteiger partial charge in [-0.2, -0.15) is 0 Å². The number of methoxy groups -OCH3 is 1. The van der Waals surface area contributed by atoms with Crippen LogP contribution >= 0.6 is 15.9 Å². The third-order valence-electron chi connectivity index (χ3n) is 4.04. The second-order valence-corrected chi connectivity index (χ2v) is 6.85. The van der Waals surface area contributed by atoms with E-state index in [0.29, 0.717) is 13.1 Å². The molecule has 2 rings (SSSR count). The fraction of sp³-hybridized carbons (Fsp3) is 0.316. The van der Waals surface area contributed by atoms with Gasteiger partial charge in [0, 0.05) is 15.7 Å². The van der Waals surface area contributed by atoms with Crippen LogP contribution in [0.4, 0.5) is 10.1 Å². The first-order chi connectivity index (χ1) is 11.9. The molecule has 6 heteroatoms. The molecule has 0 bridgehead atoms. The highest BCUT2D eigenvalue weighted by atomic mass is 79.9. The van der Waals surface area contributed by atoms with Gasteiger partial charge in [0.15, 0.2) is 18.1 Å². The van der Waals surface area contributed by atoms with Crippen molar-refractivity contribution in [2.45, 2.75) is 20.4 Å². The van der Waals surface area contributed by atoms with Crippen LogP contribution in [0.25, 0.3) is 0 Å². The number of anilines is 1. The van der Waals surface area contributed by atoms with Crippen molar-refractivity contribution in [1.82, 2.24) is 0 Å². The van der Waals surface area contributed by atoms with Crippen molar-refractivity contribution in [3.05, 3.63) is 57.8 Å². The van der Waals surface area contributed by atoms with Crippen molar-refractivity contribution in [2.24, 2.45) is 0 Å². The van der Waals surface area contributed by atoms with Crippen molar-refractivity contribution in [2.75, 3.05) is 25.5 Å². The molecule has 1 atom stereocenters. The fourth-order valence-corrected chi connectivity index (χ4v) is 3.09. The molecule has 2 N–H and O–H groups in total.